The minimum absolute atomic E-state index is 0.119. The van der Waals surface area contributed by atoms with E-state index < -0.39 is 19.9 Å². The first-order valence-corrected chi connectivity index (χ1v) is 13.6. The van der Waals surface area contributed by atoms with Gasteiger partial charge in [-0.25, -0.2) is 4.57 Å². The number of hydrogen-bond acceptors (Lipinski definition) is 5. The molecule has 0 rings (SSSR count). The molecule has 0 bridgehead atoms. The zero-order valence-electron chi connectivity index (χ0n) is 20.8. The molecule has 0 aromatic heterocycles. The highest BCUT2D eigenvalue weighted by Crippen LogP contribution is 2.43. The van der Waals surface area contributed by atoms with Crippen LogP contribution in [0.3, 0.4) is 0 Å². The maximum absolute atomic E-state index is 12.0. The first-order valence-electron chi connectivity index (χ1n) is 12.2. The fourth-order valence-electron chi connectivity index (χ4n) is 3.27. The Balaban J connectivity index is 3.93. The quantitative estimate of drug-likeness (QED) is 0.0989. The molecule has 0 radical (unpaired) electrons. The summed E-state index contributed by atoms with van der Waals surface area (Å²) in [6.07, 6.45) is 15.1. The fourth-order valence-corrected chi connectivity index (χ4v) is 4.01. The zero-order chi connectivity index (χ0) is 23.6. The largest absolute Gasteiger partial charge is 0.472 e. The van der Waals surface area contributed by atoms with Crippen LogP contribution in [-0.4, -0.2) is 62.4 Å². The van der Waals surface area contributed by atoms with Gasteiger partial charge < -0.3 is 14.1 Å². The summed E-state index contributed by atoms with van der Waals surface area (Å²) in [7, 11) is 1.76. The first-order chi connectivity index (χ1) is 14.6. The maximum Gasteiger partial charge on any atom is 0.472 e. The van der Waals surface area contributed by atoms with Crippen LogP contribution >= 0.6 is 7.82 Å². The van der Waals surface area contributed by atoms with Crippen molar-refractivity contribution in [1.29, 1.82) is 0 Å². The molecule has 0 aliphatic carbocycles. The number of nitrogens with zero attached hydrogens (tertiary/aromatic N) is 1. The average Bonchev–Trinajstić information content (AvgIpc) is 2.65. The third kappa shape index (κ3) is 22.5. The summed E-state index contributed by atoms with van der Waals surface area (Å²) >= 11 is 0. The summed E-state index contributed by atoms with van der Waals surface area (Å²) in [6, 6.07) is 0. The highest BCUT2D eigenvalue weighted by molar-refractivity contribution is 7.47. The molecule has 186 valence electrons. The van der Waals surface area contributed by atoms with Gasteiger partial charge in [-0.3, -0.25) is 13.8 Å². The summed E-state index contributed by atoms with van der Waals surface area (Å²) in [4.78, 5) is 21.2. The van der Waals surface area contributed by atoms with E-state index in [1.54, 1.807) is 0 Å². The molecule has 0 saturated carbocycles. The van der Waals surface area contributed by atoms with E-state index in [2.05, 4.69) is 6.92 Å². The number of ether oxygens (including phenoxy) is 1. The predicted octanol–water partition coefficient (Wildman–Crippen LogP) is 5.85. The lowest BCUT2D eigenvalue weighted by Crippen LogP contribution is -2.37. The molecule has 0 spiro atoms. The molecule has 0 fully saturated rings. The van der Waals surface area contributed by atoms with Crippen LogP contribution in [0.25, 0.3) is 0 Å². The highest BCUT2D eigenvalue weighted by atomic mass is 31.2. The topological polar surface area (TPSA) is 82.1 Å². The number of quaternary nitrogens is 1. The van der Waals surface area contributed by atoms with Crippen LogP contribution in [0.5, 0.6) is 0 Å². The summed E-state index contributed by atoms with van der Waals surface area (Å²) in [6.45, 7) is 4.16. The van der Waals surface area contributed by atoms with Crippen LogP contribution in [0, 0.1) is 0 Å². The van der Waals surface area contributed by atoms with Crippen molar-refractivity contribution in [2.24, 2.45) is 0 Å². The first kappa shape index (κ1) is 30.5. The number of likely N-dealkylation sites (N-methyl/N-ethyl adjacent to an activating group) is 1. The van der Waals surface area contributed by atoms with E-state index in [0.717, 1.165) is 19.3 Å². The lowest BCUT2D eigenvalue weighted by atomic mass is 10.0. The Bertz CT molecular complexity index is 495. The Hall–Kier alpha value is -0.460. The molecule has 0 amide bonds. The van der Waals surface area contributed by atoms with Crippen molar-refractivity contribution in [3.63, 3.8) is 0 Å². The van der Waals surface area contributed by atoms with Gasteiger partial charge in [0, 0.05) is 6.92 Å². The lowest BCUT2D eigenvalue weighted by molar-refractivity contribution is -0.870. The highest BCUT2D eigenvalue weighted by Gasteiger charge is 2.25. The van der Waals surface area contributed by atoms with E-state index in [1.807, 2.05) is 21.1 Å². The molecule has 1 N–H and O–H groups in total. The van der Waals surface area contributed by atoms with Crippen LogP contribution in [-0.2, 0) is 23.1 Å². The standard InChI is InChI=1S/C23H48NO6P/c1-6-7-8-9-10-11-12-13-14-15-16-17-18-23(30-22(2)25)21-29-31(26,27)28-20-19-24(3,4)5/h23H,6-21H2,1-5H3/p+1. The molecule has 0 aromatic rings. The molecule has 0 aliphatic heterocycles. The molecule has 2 atom stereocenters. The van der Waals surface area contributed by atoms with Crippen molar-refractivity contribution in [2.45, 2.75) is 103 Å². The van der Waals surface area contributed by atoms with Gasteiger partial charge in [0.25, 0.3) is 0 Å². The molecule has 7 nitrogen and oxygen atoms in total. The van der Waals surface area contributed by atoms with Gasteiger partial charge >= 0.3 is 13.8 Å². The Labute approximate surface area is 191 Å². The zero-order valence-corrected chi connectivity index (χ0v) is 21.7. The van der Waals surface area contributed by atoms with Gasteiger partial charge in [0.05, 0.1) is 27.7 Å². The number of carbonyl (C=O) groups is 1. The second kappa shape index (κ2) is 18.0. The summed E-state index contributed by atoms with van der Waals surface area (Å²) in [5.41, 5.74) is 0. The van der Waals surface area contributed by atoms with Crippen LogP contribution < -0.4 is 0 Å². The Morgan fingerprint density at radius 2 is 1.35 bits per heavy atom. The second-order valence-corrected chi connectivity index (χ2v) is 11.0. The number of hydrogen-bond donors (Lipinski definition) is 1. The summed E-state index contributed by atoms with van der Waals surface area (Å²) < 4.78 is 28.0. The normalized spacial score (nSPS) is 14.9. The van der Waals surface area contributed by atoms with Crippen molar-refractivity contribution in [1.82, 2.24) is 0 Å². The van der Waals surface area contributed by atoms with E-state index in [9.17, 15) is 14.3 Å². The molecule has 8 heteroatoms. The molecular weight excluding hydrogens is 417 g/mol. The van der Waals surface area contributed by atoms with E-state index >= 15 is 0 Å². The number of carbonyl (C=O) groups excluding carboxylic acids is 1. The van der Waals surface area contributed by atoms with E-state index in [0.29, 0.717) is 17.4 Å². The number of phosphoric ester groups is 1. The Kier molecular flexibility index (Phi) is 17.8. The van der Waals surface area contributed by atoms with Gasteiger partial charge in [0.2, 0.25) is 0 Å². The van der Waals surface area contributed by atoms with Gasteiger partial charge in [0.15, 0.2) is 0 Å². The van der Waals surface area contributed by atoms with Crippen molar-refractivity contribution >= 4 is 13.8 Å². The van der Waals surface area contributed by atoms with Crippen LogP contribution in [0.4, 0.5) is 0 Å². The molecule has 2 unspecified atom stereocenters. The summed E-state index contributed by atoms with van der Waals surface area (Å²) in [5, 5.41) is 0. The van der Waals surface area contributed by atoms with Crippen LogP contribution in [0.2, 0.25) is 0 Å². The molecule has 0 heterocycles. The minimum atomic E-state index is -4.15. The van der Waals surface area contributed by atoms with Gasteiger partial charge in [-0.05, 0) is 12.8 Å². The molecule has 31 heavy (non-hydrogen) atoms. The Morgan fingerprint density at radius 1 is 0.871 bits per heavy atom. The number of rotatable bonds is 21. The molecule has 0 saturated heterocycles. The minimum Gasteiger partial charge on any atom is -0.460 e. The average molecular weight is 467 g/mol. The van der Waals surface area contributed by atoms with Crippen LogP contribution in [0.1, 0.15) is 97.3 Å². The van der Waals surface area contributed by atoms with Crippen LogP contribution in [0.15, 0.2) is 0 Å². The fraction of sp³-hybridized carbons (Fsp3) is 0.957. The molecular formula is C23H49NO6P+. The lowest BCUT2D eigenvalue weighted by Gasteiger charge is -2.24. The third-order valence-electron chi connectivity index (χ3n) is 5.15. The van der Waals surface area contributed by atoms with E-state index in [-0.39, 0.29) is 13.2 Å². The predicted molar refractivity (Wildman–Crippen MR) is 126 cm³/mol. The van der Waals surface area contributed by atoms with E-state index in [4.69, 9.17) is 13.8 Å². The molecule has 0 aromatic carbocycles. The number of esters is 1. The third-order valence-corrected chi connectivity index (χ3v) is 6.14. The van der Waals surface area contributed by atoms with Gasteiger partial charge in [-0.2, -0.15) is 0 Å². The Morgan fingerprint density at radius 3 is 1.81 bits per heavy atom. The molecule has 0 aliphatic rings. The van der Waals surface area contributed by atoms with Crippen molar-refractivity contribution in [3.05, 3.63) is 0 Å². The van der Waals surface area contributed by atoms with Gasteiger partial charge in [-0.1, -0.05) is 77.6 Å². The smallest absolute Gasteiger partial charge is 0.460 e. The van der Waals surface area contributed by atoms with Gasteiger partial charge in [-0.15, -0.1) is 0 Å². The second-order valence-electron chi connectivity index (χ2n) is 9.52. The number of phosphoric acid groups is 1. The number of unbranched alkanes of at least 4 members (excludes halogenated alkanes) is 11. The van der Waals surface area contributed by atoms with Crippen molar-refractivity contribution in [2.75, 3.05) is 40.9 Å². The van der Waals surface area contributed by atoms with E-state index in [1.165, 1.54) is 64.7 Å². The monoisotopic (exact) mass is 466 g/mol. The SMILES string of the molecule is CCCCCCCCCCCCCCC(COP(=O)(O)OCC[N+](C)(C)C)OC(C)=O. The van der Waals surface area contributed by atoms with Crippen molar-refractivity contribution < 1.29 is 32.5 Å². The van der Waals surface area contributed by atoms with Gasteiger partial charge in [0.1, 0.15) is 19.3 Å². The maximum atomic E-state index is 12.0. The summed E-state index contributed by atoms with van der Waals surface area (Å²) in [5.74, 6) is -0.411. The van der Waals surface area contributed by atoms with Crippen molar-refractivity contribution in [3.8, 4) is 0 Å².